The topological polar surface area (TPSA) is 26.0 Å². The molecular formula is C13H29N. The molecule has 1 fully saturated rings. The van der Waals surface area contributed by atoms with E-state index in [-0.39, 0.29) is 0 Å². The third-order valence-corrected chi connectivity index (χ3v) is 3.12. The predicted octanol–water partition coefficient (Wildman–Crippen LogP) is 3.97. The molecule has 1 nitrogen and oxygen atoms in total. The molecule has 14 heavy (non-hydrogen) atoms. The molecular weight excluding hydrogens is 170 g/mol. The predicted molar refractivity (Wildman–Crippen MR) is 65.4 cm³/mol. The van der Waals surface area contributed by atoms with Crippen LogP contribution in [0.5, 0.6) is 0 Å². The Hall–Kier alpha value is -0.0400. The van der Waals surface area contributed by atoms with Gasteiger partial charge in [-0.2, -0.15) is 0 Å². The average molecular weight is 199 g/mol. The Morgan fingerprint density at radius 2 is 1.64 bits per heavy atom. The van der Waals surface area contributed by atoms with Crippen molar-refractivity contribution in [1.82, 2.24) is 0 Å². The molecule has 0 radical (unpaired) electrons. The lowest BCUT2D eigenvalue weighted by Crippen LogP contribution is -2.06. The third kappa shape index (κ3) is 7.37. The maximum Gasteiger partial charge on any atom is -0.0195 e. The van der Waals surface area contributed by atoms with Gasteiger partial charge >= 0.3 is 0 Å². The van der Waals surface area contributed by atoms with Crippen molar-refractivity contribution >= 4 is 0 Å². The zero-order valence-electron chi connectivity index (χ0n) is 10.4. The van der Waals surface area contributed by atoms with E-state index in [2.05, 4.69) is 19.6 Å². The first-order valence-corrected chi connectivity index (χ1v) is 6.37. The van der Waals surface area contributed by atoms with Crippen molar-refractivity contribution in [3.8, 4) is 0 Å². The SMILES string of the molecule is CC(C)CCCC1CCCCC1.CN. The fourth-order valence-electron chi connectivity index (χ4n) is 2.29. The van der Waals surface area contributed by atoms with Gasteiger partial charge in [-0.05, 0) is 18.9 Å². The normalized spacial score (nSPS) is 17.8. The molecule has 0 saturated heterocycles. The van der Waals surface area contributed by atoms with Crippen LogP contribution in [0.3, 0.4) is 0 Å². The van der Waals surface area contributed by atoms with Gasteiger partial charge in [0.1, 0.15) is 0 Å². The number of hydrogen-bond donors (Lipinski definition) is 1. The summed E-state index contributed by atoms with van der Waals surface area (Å²) >= 11 is 0. The second-order valence-electron chi connectivity index (χ2n) is 4.83. The van der Waals surface area contributed by atoms with Gasteiger partial charge in [0.2, 0.25) is 0 Å². The molecule has 0 atom stereocenters. The summed E-state index contributed by atoms with van der Waals surface area (Å²) in [6, 6.07) is 0. The second kappa shape index (κ2) is 9.51. The van der Waals surface area contributed by atoms with Crippen LogP contribution in [0.2, 0.25) is 0 Å². The van der Waals surface area contributed by atoms with Crippen molar-refractivity contribution < 1.29 is 0 Å². The van der Waals surface area contributed by atoms with Crippen molar-refractivity contribution in [1.29, 1.82) is 0 Å². The number of nitrogens with two attached hydrogens (primary N) is 1. The minimum absolute atomic E-state index is 0.911. The third-order valence-electron chi connectivity index (χ3n) is 3.12. The van der Waals surface area contributed by atoms with E-state index in [0.29, 0.717) is 0 Å². The summed E-state index contributed by atoms with van der Waals surface area (Å²) in [5.74, 6) is 2.01. The van der Waals surface area contributed by atoms with Gasteiger partial charge in [-0.25, -0.2) is 0 Å². The van der Waals surface area contributed by atoms with Crippen LogP contribution in [0, 0.1) is 11.8 Å². The molecule has 0 spiro atoms. The van der Waals surface area contributed by atoms with E-state index in [9.17, 15) is 0 Å². The summed E-state index contributed by atoms with van der Waals surface area (Å²) in [6.45, 7) is 4.67. The molecule has 1 rings (SSSR count). The number of hydrogen-bond acceptors (Lipinski definition) is 1. The molecule has 0 heterocycles. The Balaban J connectivity index is 0.000000791. The highest BCUT2D eigenvalue weighted by Gasteiger charge is 2.12. The van der Waals surface area contributed by atoms with Crippen LogP contribution in [-0.4, -0.2) is 7.05 Å². The average Bonchev–Trinajstić information content (AvgIpc) is 2.22. The molecule has 1 saturated carbocycles. The highest BCUT2D eigenvalue weighted by atomic mass is 14.4. The molecule has 1 heteroatoms. The summed E-state index contributed by atoms with van der Waals surface area (Å²) < 4.78 is 0. The Morgan fingerprint density at radius 1 is 1.07 bits per heavy atom. The van der Waals surface area contributed by atoms with Crippen molar-refractivity contribution in [3.05, 3.63) is 0 Å². The first-order chi connectivity index (χ1) is 6.79. The first kappa shape index (κ1) is 14.0. The summed E-state index contributed by atoms with van der Waals surface area (Å²) in [7, 11) is 1.50. The minimum Gasteiger partial charge on any atom is -0.333 e. The molecule has 0 aromatic rings. The first-order valence-electron chi connectivity index (χ1n) is 6.37. The summed E-state index contributed by atoms with van der Waals surface area (Å²) in [4.78, 5) is 0. The van der Waals surface area contributed by atoms with Crippen molar-refractivity contribution in [2.24, 2.45) is 17.6 Å². The lowest BCUT2D eigenvalue weighted by molar-refractivity contribution is 0.323. The Kier molecular flexibility index (Phi) is 9.49. The summed E-state index contributed by atoms with van der Waals surface area (Å²) in [5, 5.41) is 0. The lowest BCUT2D eigenvalue weighted by atomic mass is 9.85. The molecule has 0 aromatic carbocycles. The van der Waals surface area contributed by atoms with Crippen LogP contribution >= 0.6 is 0 Å². The molecule has 1 aliphatic carbocycles. The van der Waals surface area contributed by atoms with Crippen LogP contribution < -0.4 is 5.73 Å². The summed E-state index contributed by atoms with van der Waals surface area (Å²) in [5.41, 5.74) is 4.50. The lowest BCUT2D eigenvalue weighted by Gasteiger charge is -2.21. The van der Waals surface area contributed by atoms with Gasteiger partial charge in [0.25, 0.3) is 0 Å². The Bertz CT molecular complexity index is 104. The van der Waals surface area contributed by atoms with Gasteiger partial charge in [0, 0.05) is 0 Å². The van der Waals surface area contributed by atoms with Gasteiger partial charge in [-0.15, -0.1) is 0 Å². The largest absolute Gasteiger partial charge is 0.333 e. The highest BCUT2D eigenvalue weighted by Crippen LogP contribution is 2.28. The quantitative estimate of drug-likeness (QED) is 0.728. The Morgan fingerprint density at radius 3 is 2.14 bits per heavy atom. The van der Waals surface area contributed by atoms with Gasteiger partial charge in [-0.1, -0.05) is 65.2 Å². The van der Waals surface area contributed by atoms with Crippen LogP contribution in [0.4, 0.5) is 0 Å². The van der Waals surface area contributed by atoms with E-state index in [1.807, 2.05) is 0 Å². The van der Waals surface area contributed by atoms with E-state index in [4.69, 9.17) is 0 Å². The standard InChI is InChI=1S/C12H24.CH5N/c1-11(2)7-6-10-12-8-4-3-5-9-12;1-2/h11-12H,3-10H2,1-2H3;2H2,1H3. The van der Waals surface area contributed by atoms with Crippen molar-refractivity contribution in [2.45, 2.75) is 65.2 Å². The monoisotopic (exact) mass is 199 g/mol. The zero-order chi connectivity index (χ0) is 10.8. The second-order valence-corrected chi connectivity index (χ2v) is 4.83. The molecule has 0 aliphatic heterocycles. The molecule has 2 N–H and O–H groups in total. The zero-order valence-corrected chi connectivity index (χ0v) is 10.4. The minimum atomic E-state index is 0.911. The van der Waals surface area contributed by atoms with Crippen molar-refractivity contribution in [2.75, 3.05) is 7.05 Å². The van der Waals surface area contributed by atoms with Crippen LogP contribution in [-0.2, 0) is 0 Å². The highest BCUT2D eigenvalue weighted by molar-refractivity contribution is 4.65. The maximum absolute atomic E-state index is 4.50. The molecule has 0 aromatic heterocycles. The van der Waals surface area contributed by atoms with E-state index in [1.54, 1.807) is 0 Å². The molecule has 1 aliphatic rings. The van der Waals surface area contributed by atoms with E-state index in [1.165, 1.54) is 58.4 Å². The molecule has 86 valence electrons. The van der Waals surface area contributed by atoms with Crippen molar-refractivity contribution in [3.63, 3.8) is 0 Å². The van der Waals surface area contributed by atoms with Gasteiger partial charge in [0.05, 0.1) is 0 Å². The van der Waals surface area contributed by atoms with Gasteiger partial charge in [0.15, 0.2) is 0 Å². The molecule has 0 unspecified atom stereocenters. The van der Waals surface area contributed by atoms with Gasteiger partial charge in [-0.3, -0.25) is 0 Å². The fraction of sp³-hybridized carbons (Fsp3) is 1.00. The van der Waals surface area contributed by atoms with E-state index >= 15 is 0 Å². The van der Waals surface area contributed by atoms with E-state index < -0.39 is 0 Å². The molecule has 0 amide bonds. The summed E-state index contributed by atoms with van der Waals surface area (Å²) in [6.07, 6.45) is 12.0. The van der Waals surface area contributed by atoms with Gasteiger partial charge < -0.3 is 5.73 Å². The van der Waals surface area contributed by atoms with Crippen LogP contribution in [0.25, 0.3) is 0 Å². The maximum atomic E-state index is 4.50. The molecule has 0 bridgehead atoms. The van der Waals surface area contributed by atoms with Crippen LogP contribution in [0.15, 0.2) is 0 Å². The Labute approximate surface area is 90.5 Å². The smallest absolute Gasteiger partial charge is 0.0195 e. The van der Waals surface area contributed by atoms with Crippen LogP contribution in [0.1, 0.15) is 65.2 Å². The fourth-order valence-corrected chi connectivity index (χ4v) is 2.29. The van der Waals surface area contributed by atoms with E-state index in [0.717, 1.165) is 11.8 Å². The number of rotatable bonds is 4.